The smallest absolute Gasteiger partial charge is 0.0660 e. The van der Waals surface area contributed by atoms with Crippen LogP contribution in [-0.2, 0) is 4.74 Å². The predicted octanol–water partition coefficient (Wildman–Crippen LogP) is -0.595. The normalized spacial score (nSPS) is 20.8. The Labute approximate surface area is 81.7 Å². The Morgan fingerprint density at radius 2 is 2.00 bits per heavy atom. The molecule has 1 saturated heterocycles. The molecule has 1 aliphatic heterocycles. The molecule has 0 aromatic heterocycles. The minimum absolute atomic E-state index is 0.889. The van der Waals surface area contributed by atoms with Crippen molar-refractivity contribution < 1.29 is 9.64 Å². The fourth-order valence-corrected chi connectivity index (χ4v) is 1.53. The van der Waals surface area contributed by atoms with Crippen molar-refractivity contribution in [3.05, 3.63) is 7.05 Å². The van der Waals surface area contributed by atoms with Crippen molar-refractivity contribution in [3.8, 4) is 0 Å². The van der Waals surface area contributed by atoms with Crippen molar-refractivity contribution >= 4 is 0 Å². The number of quaternary nitrogens is 1. The van der Waals surface area contributed by atoms with E-state index in [2.05, 4.69) is 18.9 Å². The van der Waals surface area contributed by atoms with E-state index in [4.69, 9.17) is 4.74 Å². The van der Waals surface area contributed by atoms with E-state index in [1.165, 1.54) is 31.1 Å². The Morgan fingerprint density at radius 1 is 1.31 bits per heavy atom. The molecule has 1 heterocycles. The topological polar surface area (TPSA) is 16.9 Å². The number of ether oxygens (including phenoxy) is 1. The molecular weight excluding hydrogens is 164 g/mol. The van der Waals surface area contributed by atoms with Gasteiger partial charge >= 0.3 is 0 Å². The van der Waals surface area contributed by atoms with Crippen LogP contribution in [-0.4, -0.2) is 50.8 Å². The van der Waals surface area contributed by atoms with E-state index < -0.39 is 0 Å². The van der Waals surface area contributed by atoms with Crippen molar-refractivity contribution in [2.24, 2.45) is 0 Å². The highest BCUT2D eigenvalue weighted by atomic mass is 16.5. The first-order valence-electron chi connectivity index (χ1n) is 5.29. The summed E-state index contributed by atoms with van der Waals surface area (Å²) < 4.78 is 5.45. The summed E-state index contributed by atoms with van der Waals surface area (Å²) in [5, 5.41) is 0. The quantitative estimate of drug-likeness (QED) is 0.456. The molecule has 1 aliphatic rings. The summed E-state index contributed by atoms with van der Waals surface area (Å²) in [5.74, 6) is 0. The van der Waals surface area contributed by atoms with Gasteiger partial charge in [0.1, 0.15) is 0 Å². The maximum absolute atomic E-state index is 5.45. The molecule has 0 saturated carbocycles. The van der Waals surface area contributed by atoms with Crippen LogP contribution in [0.2, 0.25) is 0 Å². The van der Waals surface area contributed by atoms with Gasteiger partial charge in [0.05, 0.1) is 19.7 Å². The van der Waals surface area contributed by atoms with Crippen molar-refractivity contribution in [1.82, 2.24) is 4.90 Å². The van der Waals surface area contributed by atoms with Crippen molar-refractivity contribution in [2.75, 3.05) is 45.9 Å². The van der Waals surface area contributed by atoms with Gasteiger partial charge in [-0.05, 0) is 6.42 Å². The summed E-state index contributed by atoms with van der Waals surface area (Å²) >= 11 is 0. The third-order valence-corrected chi connectivity index (χ3v) is 2.46. The molecule has 0 aromatic carbocycles. The third kappa shape index (κ3) is 4.60. The standard InChI is InChI=1S/C10H22N2O/c1-3-9-13-10-8-12-6-4-11(2)5-7-12/h11H,2-10H2,1H3. The molecule has 1 N–H and O–H groups in total. The molecule has 0 radical (unpaired) electrons. The van der Waals surface area contributed by atoms with Gasteiger partial charge < -0.3 is 9.64 Å². The molecule has 1 fully saturated rings. The second kappa shape index (κ2) is 6.35. The lowest BCUT2D eigenvalue weighted by Gasteiger charge is -2.33. The van der Waals surface area contributed by atoms with Crippen molar-refractivity contribution in [1.29, 1.82) is 0 Å². The molecule has 0 bridgehead atoms. The van der Waals surface area contributed by atoms with E-state index in [0.29, 0.717) is 0 Å². The van der Waals surface area contributed by atoms with Gasteiger partial charge in [-0.25, -0.2) is 0 Å². The van der Waals surface area contributed by atoms with E-state index in [-0.39, 0.29) is 0 Å². The summed E-state index contributed by atoms with van der Waals surface area (Å²) in [7, 11) is 4.00. The Morgan fingerprint density at radius 3 is 2.62 bits per heavy atom. The molecule has 0 unspecified atom stereocenters. The fraction of sp³-hybridized carbons (Fsp3) is 0.900. The van der Waals surface area contributed by atoms with Crippen LogP contribution in [0.15, 0.2) is 0 Å². The number of nitrogens with one attached hydrogen (secondary N) is 1. The first kappa shape index (κ1) is 11.0. The zero-order chi connectivity index (χ0) is 9.52. The minimum Gasteiger partial charge on any atom is -0.466 e. The zero-order valence-corrected chi connectivity index (χ0v) is 8.72. The van der Waals surface area contributed by atoms with Crippen LogP contribution in [0.4, 0.5) is 0 Å². The maximum atomic E-state index is 5.45. The highest BCUT2D eigenvalue weighted by Crippen LogP contribution is 1.89. The second-order valence-electron chi connectivity index (χ2n) is 3.70. The Hall–Kier alpha value is -0.120. The molecule has 0 spiro atoms. The van der Waals surface area contributed by atoms with E-state index in [1.54, 1.807) is 0 Å². The Balaban J connectivity index is 1.96. The van der Waals surface area contributed by atoms with Gasteiger partial charge in [-0.3, -0.25) is 4.90 Å². The molecule has 1 rings (SSSR count). The zero-order valence-electron chi connectivity index (χ0n) is 8.72. The summed E-state index contributed by atoms with van der Waals surface area (Å²) in [6, 6.07) is 0. The first-order valence-corrected chi connectivity index (χ1v) is 5.29. The number of hydrogen-bond donors (Lipinski definition) is 1. The minimum atomic E-state index is 0.889. The Bertz CT molecular complexity index is 122. The predicted molar refractivity (Wildman–Crippen MR) is 53.6 cm³/mol. The van der Waals surface area contributed by atoms with E-state index in [0.717, 1.165) is 26.2 Å². The van der Waals surface area contributed by atoms with Crippen LogP contribution in [0, 0.1) is 7.05 Å². The van der Waals surface area contributed by atoms with Crippen molar-refractivity contribution in [3.63, 3.8) is 0 Å². The number of nitrogens with zero attached hydrogens (tertiary/aromatic N) is 1. The lowest BCUT2D eigenvalue weighted by molar-refractivity contribution is -0.858. The molecular formula is C10H22N2O. The van der Waals surface area contributed by atoms with Crippen LogP contribution in [0.5, 0.6) is 0 Å². The van der Waals surface area contributed by atoms with Gasteiger partial charge in [-0.1, -0.05) is 6.92 Å². The van der Waals surface area contributed by atoms with Crippen LogP contribution in [0.3, 0.4) is 0 Å². The largest absolute Gasteiger partial charge is 0.466 e. The van der Waals surface area contributed by atoms with Gasteiger partial charge in [0, 0.05) is 26.2 Å². The van der Waals surface area contributed by atoms with Gasteiger partial charge in [-0.15, -0.1) is 0 Å². The van der Waals surface area contributed by atoms with Crippen LogP contribution in [0.25, 0.3) is 0 Å². The summed E-state index contributed by atoms with van der Waals surface area (Å²) in [6.45, 7) is 9.73. The molecule has 0 amide bonds. The third-order valence-electron chi connectivity index (χ3n) is 2.46. The number of piperazine rings is 1. The molecule has 13 heavy (non-hydrogen) atoms. The highest BCUT2D eigenvalue weighted by Gasteiger charge is 2.12. The average Bonchev–Trinajstić information content (AvgIpc) is 2.15. The summed E-state index contributed by atoms with van der Waals surface area (Å²) in [5.41, 5.74) is 0. The number of rotatable bonds is 5. The van der Waals surface area contributed by atoms with Crippen LogP contribution in [0.1, 0.15) is 13.3 Å². The molecule has 0 aromatic rings. The summed E-state index contributed by atoms with van der Waals surface area (Å²) in [4.78, 5) is 3.87. The first-order chi connectivity index (χ1) is 6.33. The maximum Gasteiger partial charge on any atom is 0.0660 e. The lowest BCUT2D eigenvalue weighted by atomic mass is 10.3. The molecule has 3 nitrogen and oxygen atoms in total. The SMILES string of the molecule is [CH2-][NH+]1CCN(CCOCCC)CC1. The molecule has 0 atom stereocenters. The van der Waals surface area contributed by atoms with E-state index >= 15 is 0 Å². The molecule has 3 heteroatoms. The highest BCUT2D eigenvalue weighted by molar-refractivity contribution is 4.59. The monoisotopic (exact) mass is 186 g/mol. The van der Waals surface area contributed by atoms with Gasteiger partial charge in [0.2, 0.25) is 0 Å². The van der Waals surface area contributed by atoms with E-state index in [9.17, 15) is 0 Å². The number of hydrogen-bond acceptors (Lipinski definition) is 2. The van der Waals surface area contributed by atoms with Gasteiger partial charge in [-0.2, -0.15) is 7.05 Å². The van der Waals surface area contributed by atoms with Gasteiger partial charge in [0.25, 0.3) is 0 Å². The second-order valence-corrected chi connectivity index (χ2v) is 3.70. The van der Waals surface area contributed by atoms with Crippen molar-refractivity contribution in [2.45, 2.75) is 13.3 Å². The lowest BCUT2D eigenvalue weighted by Crippen LogP contribution is -3.10. The fourth-order valence-electron chi connectivity index (χ4n) is 1.53. The molecule has 0 aliphatic carbocycles. The van der Waals surface area contributed by atoms with Gasteiger partial charge in [0.15, 0.2) is 0 Å². The Kier molecular flexibility index (Phi) is 5.35. The van der Waals surface area contributed by atoms with E-state index in [1.807, 2.05) is 0 Å². The molecule has 78 valence electrons. The summed E-state index contributed by atoms with van der Waals surface area (Å²) in [6.07, 6.45) is 1.12. The average molecular weight is 186 g/mol. The van der Waals surface area contributed by atoms with Crippen LogP contribution >= 0.6 is 0 Å². The van der Waals surface area contributed by atoms with Crippen LogP contribution < -0.4 is 4.90 Å².